The number of nitrogens with one attached hydrogen (secondary N) is 2. The summed E-state index contributed by atoms with van der Waals surface area (Å²) in [5.41, 5.74) is 4.12. The molecule has 2 aromatic heterocycles. The molecule has 1 amide bonds. The van der Waals surface area contributed by atoms with Gasteiger partial charge >= 0.3 is 5.69 Å². The van der Waals surface area contributed by atoms with Gasteiger partial charge in [-0.1, -0.05) is 0 Å². The second-order valence-electron chi connectivity index (χ2n) is 11.4. The normalized spacial score (nSPS) is 21.1. The van der Waals surface area contributed by atoms with E-state index in [0.29, 0.717) is 33.9 Å². The molecule has 7 rings (SSSR count). The maximum Gasteiger partial charge on any atom is 0.328 e. The molecule has 3 saturated carbocycles. The second-order valence-corrected chi connectivity index (χ2v) is 11.4. The van der Waals surface area contributed by atoms with Crippen molar-refractivity contribution in [2.24, 2.45) is 11.1 Å². The summed E-state index contributed by atoms with van der Waals surface area (Å²) in [5.74, 6) is -3.33. The zero-order chi connectivity index (χ0) is 32.3. The van der Waals surface area contributed by atoms with E-state index >= 15 is 8.78 Å². The minimum Gasteiger partial charge on any atom is -0.497 e. The topological polar surface area (TPSA) is 170 Å². The molecule has 0 aliphatic heterocycles. The summed E-state index contributed by atoms with van der Waals surface area (Å²) in [6.45, 7) is 3.62. The lowest BCUT2D eigenvalue weighted by atomic mass is 9.36. The molecule has 12 nitrogen and oxygen atoms in total. The Kier molecular flexibility index (Phi) is 6.80. The lowest BCUT2D eigenvalue weighted by Crippen LogP contribution is -2.89. The van der Waals surface area contributed by atoms with Crippen LogP contribution in [0.15, 0.2) is 41.2 Å². The Morgan fingerprint density at radius 2 is 1.89 bits per heavy atom. The quantitative estimate of drug-likeness (QED) is 0.221. The molecule has 3 aliphatic rings. The molecule has 4 aromatic rings. The van der Waals surface area contributed by atoms with Crippen molar-refractivity contribution in [3.63, 3.8) is 0 Å². The van der Waals surface area contributed by atoms with Crippen LogP contribution in [0.3, 0.4) is 0 Å². The van der Waals surface area contributed by atoms with E-state index < -0.39 is 28.5 Å². The van der Waals surface area contributed by atoms with Crippen molar-refractivity contribution in [3.8, 4) is 29.2 Å². The Morgan fingerprint density at radius 1 is 1.18 bits per heavy atom. The number of amides is 1. The van der Waals surface area contributed by atoms with E-state index in [-0.39, 0.29) is 42.4 Å². The highest BCUT2D eigenvalue weighted by atomic mass is 19.3. The van der Waals surface area contributed by atoms with Crippen molar-refractivity contribution >= 4 is 29.1 Å². The number of fused-ring (bicyclic) bond motifs is 1. The molecule has 2 bridgehead atoms. The van der Waals surface area contributed by atoms with E-state index in [9.17, 15) is 9.59 Å². The molecule has 2 aromatic carbocycles. The number of nitriles is 1. The first-order valence-electron chi connectivity index (χ1n) is 13.9. The fourth-order valence-electron chi connectivity index (χ4n) is 6.28. The van der Waals surface area contributed by atoms with Crippen LogP contribution in [-0.2, 0) is 11.3 Å². The molecule has 232 valence electrons. The zero-order valence-electron chi connectivity index (χ0n) is 24.8. The van der Waals surface area contributed by atoms with Gasteiger partial charge in [0.05, 0.1) is 26.8 Å². The number of allylic oxidation sites excluding steroid dienone is 1. The summed E-state index contributed by atoms with van der Waals surface area (Å²) < 4.78 is 48.7. The number of imidazole rings is 1. The van der Waals surface area contributed by atoms with E-state index in [1.165, 1.54) is 24.9 Å². The molecule has 14 heteroatoms. The van der Waals surface area contributed by atoms with Crippen molar-refractivity contribution in [1.29, 1.82) is 5.26 Å². The van der Waals surface area contributed by atoms with Gasteiger partial charge in [-0.15, -0.1) is 0 Å². The van der Waals surface area contributed by atoms with Crippen molar-refractivity contribution in [1.82, 2.24) is 19.5 Å². The second kappa shape index (κ2) is 10.3. The summed E-state index contributed by atoms with van der Waals surface area (Å²) in [6.07, 6.45) is 2.65. The highest BCUT2D eigenvalue weighted by Gasteiger charge is 2.91. The number of methoxy groups -OCH3 is 2. The molecule has 2 heterocycles. The number of aromatic nitrogens is 4. The van der Waals surface area contributed by atoms with E-state index in [0.717, 1.165) is 5.56 Å². The van der Waals surface area contributed by atoms with Gasteiger partial charge in [-0.05, 0) is 73.7 Å². The lowest BCUT2D eigenvalue weighted by molar-refractivity contribution is -0.332. The third kappa shape index (κ3) is 4.37. The maximum absolute atomic E-state index is 15.2. The summed E-state index contributed by atoms with van der Waals surface area (Å²) in [4.78, 5) is 36.8. The van der Waals surface area contributed by atoms with Crippen LogP contribution < -0.4 is 31.0 Å². The molecule has 0 atom stereocenters. The molecular formula is C31H29F2N7O5. The fourth-order valence-corrected chi connectivity index (χ4v) is 6.28. The van der Waals surface area contributed by atoms with Gasteiger partial charge < -0.3 is 25.3 Å². The average Bonchev–Trinajstić information content (AvgIpc) is 3.30. The lowest BCUT2D eigenvalue weighted by Gasteiger charge is -2.73. The number of hydrogen-bond acceptors (Lipinski definition) is 9. The monoisotopic (exact) mass is 617 g/mol. The number of nitrogens with zero attached hydrogens (tertiary/aromatic N) is 4. The van der Waals surface area contributed by atoms with Gasteiger partial charge in [0.15, 0.2) is 5.65 Å². The number of H-pyrrole nitrogens is 1. The number of aryl methyl sites for hydroxylation is 2. The van der Waals surface area contributed by atoms with Gasteiger partial charge in [-0.25, -0.2) is 13.6 Å². The van der Waals surface area contributed by atoms with Crippen molar-refractivity contribution < 1.29 is 27.8 Å². The number of alkyl halides is 2. The molecular weight excluding hydrogens is 588 g/mol. The largest absolute Gasteiger partial charge is 0.497 e. The molecule has 0 spiro atoms. The summed E-state index contributed by atoms with van der Waals surface area (Å²) in [7, 11) is 3.01. The Balaban J connectivity index is 1.46. The standard InChI is InChI=1S/C31H29F2N7O5/c1-16-10-18(6-5-9-34)11-17(2)23(16)45-25-22-24(37-27(38-25)39-30-14-29(15-30,26(35)41)31(30,32)33)40(28(42)36-22)13-19-7-8-20(43-3)12-21(19)44-4/h5-8,10-12H,13-15H2,1-4H3,(H2,35,41)(H,36,42)(H,37,38,39)/b6-5+. The van der Waals surface area contributed by atoms with E-state index in [2.05, 4.69) is 20.3 Å². The van der Waals surface area contributed by atoms with Crippen molar-refractivity contribution in [2.45, 2.75) is 44.7 Å². The van der Waals surface area contributed by atoms with Crippen molar-refractivity contribution in [3.05, 3.63) is 69.1 Å². The predicted molar refractivity (Wildman–Crippen MR) is 160 cm³/mol. The highest BCUT2D eigenvalue weighted by molar-refractivity contribution is 5.89. The Morgan fingerprint density at radius 3 is 2.49 bits per heavy atom. The van der Waals surface area contributed by atoms with Gasteiger partial charge in [-0.2, -0.15) is 15.2 Å². The molecule has 0 saturated heterocycles. The first kappa shape index (κ1) is 29.6. The SMILES string of the molecule is COc1ccc(Cn2c(=O)[nH]c3c(Oc4c(C)cc(/C=C/C#N)cc4C)nc(NC45CC(C(N)=O)(C4)C5(F)F)nc32)c(OC)c1. The van der Waals surface area contributed by atoms with Crippen LogP contribution in [0.1, 0.15) is 35.1 Å². The van der Waals surface area contributed by atoms with Crippen LogP contribution in [0, 0.1) is 30.6 Å². The van der Waals surface area contributed by atoms with E-state index in [4.69, 9.17) is 25.2 Å². The number of halogens is 2. The molecule has 3 aliphatic carbocycles. The summed E-state index contributed by atoms with van der Waals surface area (Å²) >= 11 is 0. The smallest absolute Gasteiger partial charge is 0.328 e. The third-order valence-corrected chi connectivity index (χ3v) is 8.68. The first-order valence-corrected chi connectivity index (χ1v) is 13.9. The fraction of sp³-hybridized carbons (Fsp3) is 0.323. The van der Waals surface area contributed by atoms with Crippen LogP contribution >= 0.6 is 0 Å². The average molecular weight is 618 g/mol. The minimum absolute atomic E-state index is 0.00592. The Bertz CT molecular complexity index is 1980. The maximum atomic E-state index is 15.2. The van der Waals surface area contributed by atoms with Crippen LogP contribution in [0.25, 0.3) is 17.2 Å². The van der Waals surface area contributed by atoms with E-state index in [1.807, 2.05) is 18.2 Å². The number of nitrogens with two attached hydrogens (primary N) is 1. The number of primary amides is 1. The first-order chi connectivity index (χ1) is 21.4. The van der Waals surface area contributed by atoms with Crippen LogP contribution in [-0.4, -0.2) is 51.1 Å². The molecule has 3 fully saturated rings. The van der Waals surface area contributed by atoms with Crippen LogP contribution in [0.5, 0.6) is 23.1 Å². The number of carbonyl (C=O) groups is 1. The Labute approximate surface area is 255 Å². The minimum atomic E-state index is -3.42. The van der Waals surface area contributed by atoms with Gasteiger partial charge in [0.25, 0.3) is 11.8 Å². The molecule has 4 N–H and O–H groups in total. The number of aromatic amines is 1. The van der Waals surface area contributed by atoms with Crippen LogP contribution in [0.2, 0.25) is 0 Å². The number of anilines is 1. The third-order valence-electron chi connectivity index (χ3n) is 8.68. The van der Waals surface area contributed by atoms with Gasteiger partial charge in [0.2, 0.25) is 11.9 Å². The molecule has 45 heavy (non-hydrogen) atoms. The number of hydrogen-bond donors (Lipinski definition) is 3. The number of benzene rings is 2. The number of ether oxygens (including phenoxy) is 3. The zero-order valence-corrected chi connectivity index (χ0v) is 24.8. The Hall–Kier alpha value is -5.45. The molecule has 0 unspecified atom stereocenters. The summed E-state index contributed by atoms with van der Waals surface area (Å²) in [6, 6.07) is 10.7. The van der Waals surface area contributed by atoms with E-state index in [1.54, 1.807) is 38.1 Å². The predicted octanol–water partition coefficient (Wildman–Crippen LogP) is 4.20. The van der Waals surface area contributed by atoms with Gasteiger partial charge in [-0.3, -0.25) is 14.3 Å². The summed E-state index contributed by atoms with van der Waals surface area (Å²) in [5, 5.41) is 11.6. The number of rotatable bonds is 10. The number of carbonyl (C=O) groups excluding carboxylic acids is 1. The van der Waals surface area contributed by atoms with Crippen molar-refractivity contribution in [2.75, 3.05) is 19.5 Å². The van der Waals surface area contributed by atoms with Gasteiger partial charge in [0.1, 0.15) is 33.7 Å². The van der Waals surface area contributed by atoms with Crippen LogP contribution in [0.4, 0.5) is 14.7 Å². The highest BCUT2D eigenvalue weighted by Crippen LogP contribution is 2.76. The molecule has 0 radical (unpaired) electrons. The van der Waals surface area contributed by atoms with Gasteiger partial charge in [0, 0.05) is 17.7 Å².